The van der Waals surface area contributed by atoms with Crippen molar-refractivity contribution in [3.8, 4) is 0 Å². The van der Waals surface area contributed by atoms with Gasteiger partial charge < -0.3 is 4.74 Å². The Morgan fingerprint density at radius 1 is 0.941 bits per heavy atom. The van der Waals surface area contributed by atoms with Crippen LogP contribution in [0.5, 0.6) is 0 Å². The van der Waals surface area contributed by atoms with Crippen LogP contribution < -0.4 is 0 Å². The molecule has 0 radical (unpaired) electrons. The van der Waals surface area contributed by atoms with E-state index in [0.29, 0.717) is 5.56 Å². The second-order valence-electron chi connectivity index (χ2n) is 11.1. The monoisotopic (exact) mass is 455 g/mol. The molecule has 0 aliphatic heterocycles. The zero-order chi connectivity index (χ0) is 24.7. The van der Waals surface area contributed by atoms with Crippen LogP contribution in [0.1, 0.15) is 80.7 Å². The molecule has 1 aliphatic rings. The van der Waals surface area contributed by atoms with Gasteiger partial charge >= 0.3 is 5.97 Å². The maximum atomic E-state index is 13.2. The van der Waals surface area contributed by atoms with Gasteiger partial charge in [-0.3, -0.25) is 4.79 Å². The standard InChI is InChI=1S/C30H33NO3/c1-29(2,3)21-14-11-19(12-15-21)17-20-13-16-23-26(28(33)34-18-25(32)30(4,5)6)22-9-7-8-10-24(22)31-27(20)23/h7-12,14-15,17H,13,16,18H2,1-6H3. The number of fused-ring (bicyclic) bond motifs is 2. The molecule has 2 aromatic carbocycles. The number of hydrogen-bond acceptors (Lipinski definition) is 4. The van der Waals surface area contributed by atoms with Gasteiger partial charge in [0.25, 0.3) is 0 Å². The molecule has 4 nitrogen and oxygen atoms in total. The van der Waals surface area contributed by atoms with Crippen molar-refractivity contribution >= 4 is 34.3 Å². The number of carbonyl (C=O) groups excluding carboxylic acids is 2. The summed E-state index contributed by atoms with van der Waals surface area (Å²) >= 11 is 0. The number of hydrogen-bond donors (Lipinski definition) is 0. The predicted molar refractivity (Wildman–Crippen MR) is 138 cm³/mol. The van der Waals surface area contributed by atoms with E-state index in [9.17, 15) is 9.59 Å². The smallest absolute Gasteiger partial charge is 0.339 e. The van der Waals surface area contributed by atoms with E-state index in [1.54, 1.807) is 0 Å². The number of esters is 1. The lowest BCUT2D eigenvalue weighted by Gasteiger charge is -2.18. The van der Waals surface area contributed by atoms with Gasteiger partial charge in [-0.2, -0.15) is 0 Å². The van der Waals surface area contributed by atoms with Crippen molar-refractivity contribution in [1.29, 1.82) is 0 Å². The SMILES string of the molecule is CC(C)(C)C(=O)COC(=O)c1c2c(nc3ccccc13)C(=Cc1ccc(C(C)(C)C)cc1)CC2. The number of nitrogens with zero attached hydrogens (tertiary/aromatic N) is 1. The number of ether oxygens (including phenoxy) is 1. The van der Waals surface area contributed by atoms with Gasteiger partial charge in [0.15, 0.2) is 12.4 Å². The molecule has 3 aromatic rings. The van der Waals surface area contributed by atoms with E-state index >= 15 is 0 Å². The first-order chi connectivity index (χ1) is 15.9. The minimum absolute atomic E-state index is 0.102. The van der Waals surface area contributed by atoms with Crippen molar-refractivity contribution in [2.24, 2.45) is 5.41 Å². The van der Waals surface area contributed by atoms with Gasteiger partial charge in [0, 0.05) is 10.8 Å². The predicted octanol–water partition coefficient (Wildman–Crippen LogP) is 6.79. The van der Waals surface area contributed by atoms with E-state index in [0.717, 1.165) is 46.1 Å². The van der Waals surface area contributed by atoms with Crippen LogP contribution in [0.25, 0.3) is 22.6 Å². The summed E-state index contributed by atoms with van der Waals surface area (Å²) in [5, 5.41) is 0.769. The fraction of sp³-hybridized carbons (Fsp3) is 0.367. The molecule has 176 valence electrons. The van der Waals surface area contributed by atoms with E-state index in [1.807, 2.05) is 45.0 Å². The zero-order valence-corrected chi connectivity index (χ0v) is 21.0. The number of carbonyl (C=O) groups is 2. The van der Waals surface area contributed by atoms with Gasteiger partial charge in [-0.1, -0.05) is 84.0 Å². The average Bonchev–Trinajstić information content (AvgIpc) is 3.16. The molecule has 4 heteroatoms. The van der Waals surface area contributed by atoms with Gasteiger partial charge in [-0.25, -0.2) is 9.78 Å². The summed E-state index contributed by atoms with van der Waals surface area (Å²) in [6.45, 7) is 11.9. The number of Topliss-reactive ketones (excluding diaryl/α,β-unsaturated/α-hetero) is 1. The molecule has 0 bridgehead atoms. The maximum absolute atomic E-state index is 13.2. The Morgan fingerprint density at radius 3 is 2.26 bits per heavy atom. The Labute approximate surface area is 202 Å². The molecule has 0 amide bonds. The first kappa shape index (κ1) is 23.9. The summed E-state index contributed by atoms with van der Waals surface area (Å²) in [5.74, 6) is -0.557. The quantitative estimate of drug-likeness (QED) is 0.406. The Morgan fingerprint density at radius 2 is 1.62 bits per heavy atom. The summed E-state index contributed by atoms with van der Waals surface area (Å²) in [6, 6.07) is 16.3. The van der Waals surface area contributed by atoms with Gasteiger partial charge in [0.05, 0.1) is 16.8 Å². The van der Waals surface area contributed by atoms with Gasteiger partial charge in [-0.15, -0.1) is 0 Å². The molecule has 1 heterocycles. The molecule has 0 saturated carbocycles. The molecule has 0 fully saturated rings. The molecule has 0 spiro atoms. The van der Waals surface area contributed by atoms with Crippen molar-refractivity contribution < 1.29 is 14.3 Å². The van der Waals surface area contributed by atoms with Crippen LogP contribution in [-0.4, -0.2) is 23.3 Å². The minimum Gasteiger partial charge on any atom is -0.454 e. The van der Waals surface area contributed by atoms with Crippen molar-refractivity contribution in [2.75, 3.05) is 6.61 Å². The van der Waals surface area contributed by atoms with Gasteiger partial charge in [0.1, 0.15) is 0 Å². The van der Waals surface area contributed by atoms with E-state index in [4.69, 9.17) is 9.72 Å². The molecule has 1 aromatic heterocycles. The second-order valence-corrected chi connectivity index (χ2v) is 11.1. The summed E-state index contributed by atoms with van der Waals surface area (Å²) in [6.07, 6.45) is 3.69. The highest BCUT2D eigenvalue weighted by Gasteiger charge is 2.29. The first-order valence-electron chi connectivity index (χ1n) is 11.9. The topological polar surface area (TPSA) is 56.3 Å². The van der Waals surface area contributed by atoms with Gasteiger partial charge in [-0.05, 0) is 52.7 Å². The van der Waals surface area contributed by atoms with Crippen LogP contribution in [-0.2, 0) is 21.4 Å². The van der Waals surface area contributed by atoms with Crippen LogP contribution in [0, 0.1) is 5.41 Å². The molecular formula is C30H33NO3. The lowest BCUT2D eigenvalue weighted by Crippen LogP contribution is -2.26. The lowest BCUT2D eigenvalue weighted by atomic mass is 9.86. The highest BCUT2D eigenvalue weighted by Crippen LogP contribution is 2.38. The first-order valence-corrected chi connectivity index (χ1v) is 11.9. The highest BCUT2D eigenvalue weighted by molar-refractivity contribution is 6.07. The second kappa shape index (κ2) is 8.83. The maximum Gasteiger partial charge on any atom is 0.339 e. The molecule has 0 N–H and O–H groups in total. The van der Waals surface area contributed by atoms with Gasteiger partial charge in [0.2, 0.25) is 0 Å². The van der Waals surface area contributed by atoms with E-state index < -0.39 is 11.4 Å². The third-order valence-corrected chi connectivity index (χ3v) is 6.43. The number of rotatable bonds is 4. The zero-order valence-electron chi connectivity index (χ0n) is 21.0. The third-order valence-electron chi connectivity index (χ3n) is 6.43. The summed E-state index contributed by atoms with van der Waals surface area (Å²) in [7, 11) is 0. The fourth-order valence-electron chi connectivity index (χ4n) is 4.21. The Hall–Kier alpha value is -3.27. The number of benzene rings is 2. The molecular weight excluding hydrogens is 422 g/mol. The fourth-order valence-corrected chi connectivity index (χ4v) is 4.21. The average molecular weight is 456 g/mol. The van der Waals surface area contributed by atoms with Crippen LogP contribution in [0.4, 0.5) is 0 Å². The van der Waals surface area contributed by atoms with E-state index in [1.165, 1.54) is 5.56 Å². The number of para-hydroxylation sites is 1. The number of aromatic nitrogens is 1. The van der Waals surface area contributed by atoms with Crippen molar-refractivity contribution in [1.82, 2.24) is 4.98 Å². The largest absolute Gasteiger partial charge is 0.454 e. The Bertz CT molecular complexity index is 1290. The lowest BCUT2D eigenvalue weighted by molar-refractivity contribution is -0.129. The van der Waals surface area contributed by atoms with Crippen molar-refractivity contribution in [3.05, 3.63) is 76.5 Å². The minimum atomic E-state index is -0.555. The van der Waals surface area contributed by atoms with E-state index in [-0.39, 0.29) is 17.8 Å². The van der Waals surface area contributed by atoms with Crippen LogP contribution in [0.15, 0.2) is 48.5 Å². The summed E-state index contributed by atoms with van der Waals surface area (Å²) < 4.78 is 5.51. The molecule has 4 rings (SSSR count). The van der Waals surface area contributed by atoms with Crippen LogP contribution in [0.2, 0.25) is 0 Å². The number of ketones is 1. The Balaban J connectivity index is 1.72. The van der Waals surface area contributed by atoms with Crippen molar-refractivity contribution in [3.63, 3.8) is 0 Å². The molecule has 0 saturated heterocycles. The summed E-state index contributed by atoms with van der Waals surface area (Å²) in [5.41, 5.74) is 6.13. The van der Waals surface area contributed by atoms with Crippen LogP contribution >= 0.6 is 0 Å². The highest BCUT2D eigenvalue weighted by atomic mass is 16.5. The van der Waals surface area contributed by atoms with E-state index in [2.05, 4.69) is 51.1 Å². The summed E-state index contributed by atoms with van der Waals surface area (Å²) in [4.78, 5) is 30.5. The molecule has 1 aliphatic carbocycles. The number of allylic oxidation sites excluding steroid dienone is 1. The molecule has 34 heavy (non-hydrogen) atoms. The Kier molecular flexibility index (Phi) is 6.20. The molecule has 0 atom stereocenters. The van der Waals surface area contributed by atoms with Crippen LogP contribution in [0.3, 0.4) is 0 Å². The van der Waals surface area contributed by atoms with Crippen molar-refractivity contribution in [2.45, 2.75) is 59.8 Å². The number of pyridine rings is 1. The molecule has 0 unspecified atom stereocenters. The normalized spacial score (nSPS) is 14.9. The third kappa shape index (κ3) is 4.82.